The Morgan fingerprint density at radius 2 is 2.12 bits per heavy atom. The number of rotatable bonds is 2. The fraction of sp³-hybridized carbons (Fsp3) is 0.833. The van der Waals surface area contributed by atoms with Gasteiger partial charge in [-0.25, -0.2) is 0 Å². The first-order valence-corrected chi connectivity index (χ1v) is 6.41. The fourth-order valence-corrected chi connectivity index (χ4v) is 2.65. The van der Waals surface area contributed by atoms with E-state index < -0.39 is 5.41 Å². The summed E-state index contributed by atoms with van der Waals surface area (Å²) < 4.78 is 0. The minimum absolute atomic E-state index is 0.0576. The van der Waals surface area contributed by atoms with E-state index in [1.165, 1.54) is 12.8 Å². The van der Waals surface area contributed by atoms with E-state index in [1.54, 1.807) is 0 Å². The Bertz CT molecular complexity index is 337. The molecular formula is C12H21N3O2. The lowest BCUT2D eigenvalue weighted by atomic mass is 10.0. The van der Waals surface area contributed by atoms with E-state index in [0.717, 1.165) is 19.4 Å². The molecule has 1 atom stereocenters. The van der Waals surface area contributed by atoms with Crippen molar-refractivity contribution in [3.05, 3.63) is 0 Å². The molecule has 5 nitrogen and oxygen atoms in total. The summed E-state index contributed by atoms with van der Waals surface area (Å²) in [4.78, 5) is 14.4. The maximum Gasteiger partial charge on any atom is 0.236 e. The van der Waals surface area contributed by atoms with E-state index in [4.69, 9.17) is 10.9 Å². The van der Waals surface area contributed by atoms with Crippen LogP contribution >= 0.6 is 0 Å². The van der Waals surface area contributed by atoms with Crippen LogP contribution in [0.3, 0.4) is 0 Å². The fourth-order valence-electron chi connectivity index (χ4n) is 2.65. The largest absolute Gasteiger partial charge is 0.409 e. The maximum absolute atomic E-state index is 12.5. The first-order chi connectivity index (χ1) is 8.12. The number of likely N-dealkylation sites (tertiary alicyclic amines) is 1. The normalized spacial score (nSPS) is 28.6. The molecule has 1 unspecified atom stereocenters. The van der Waals surface area contributed by atoms with Crippen molar-refractivity contribution >= 4 is 11.7 Å². The van der Waals surface area contributed by atoms with Crippen LogP contribution in [0.5, 0.6) is 0 Å². The zero-order chi connectivity index (χ0) is 12.5. The van der Waals surface area contributed by atoms with Gasteiger partial charge in [-0.05, 0) is 32.6 Å². The molecule has 96 valence electrons. The lowest BCUT2D eigenvalue weighted by molar-refractivity contribution is -0.136. The number of amides is 1. The second-order valence-electron chi connectivity index (χ2n) is 5.26. The zero-order valence-corrected chi connectivity index (χ0v) is 10.4. The molecule has 0 aromatic carbocycles. The van der Waals surface area contributed by atoms with Crippen LogP contribution in [0.15, 0.2) is 5.16 Å². The number of hydrogen-bond donors (Lipinski definition) is 2. The van der Waals surface area contributed by atoms with Gasteiger partial charge < -0.3 is 15.8 Å². The molecule has 3 N–H and O–H groups in total. The van der Waals surface area contributed by atoms with E-state index in [0.29, 0.717) is 12.8 Å². The molecule has 2 fully saturated rings. The second-order valence-corrected chi connectivity index (χ2v) is 5.26. The number of nitrogens with two attached hydrogens (primary N) is 1. The van der Waals surface area contributed by atoms with Crippen LogP contribution in [0.2, 0.25) is 0 Å². The molecule has 1 heterocycles. The van der Waals surface area contributed by atoms with Gasteiger partial charge in [0.1, 0.15) is 5.41 Å². The smallest absolute Gasteiger partial charge is 0.236 e. The molecule has 1 amide bonds. The molecular weight excluding hydrogens is 218 g/mol. The van der Waals surface area contributed by atoms with Gasteiger partial charge in [0.25, 0.3) is 0 Å². The molecule has 0 spiro atoms. The minimum Gasteiger partial charge on any atom is -0.409 e. The van der Waals surface area contributed by atoms with Crippen LogP contribution in [0.1, 0.15) is 45.4 Å². The lowest BCUT2D eigenvalue weighted by Crippen LogP contribution is -2.47. The van der Waals surface area contributed by atoms with Crippen molar-refractivity contribution in [3.8, 4) is 0 Å². The van der Waals surface area contributed by atoms with Crippen LogP contribution in [0.4, 0.5) is 0 Å². The lowest BCUT2D eigenvalue weighted by Gasteiger charge is -2.30. The Kier molecular flexibility index (Phi) is 3.26. The van der Waals surface area contributed by atoms with Gasteiger partial charge in [-0.2, -0.15) is 0 Å². The standard InChI is InChI=1S/C12H21N3O2/c1-9-5-3-2-4-8-15(9)11(16)12(6-7-12)10(13)14-17/h9,17H,2-8H2,1H3,(H2,13,14). The highest BCUT2D eigenvalue weighted by Gasteiger charge is 2.56. The predicted molar refractivity (Wildman–Crippen MR) is 64.7 cm³/mol. The Hall–Kier alpha value is -1.26. The Morgan fingerprint density at radius 3 is 2.71 bits per heavy atom. The third kappa shape index (κ3) is 2.10. The highest BCUT2D eigenvalue weighted by Crippen LogP contribution is 2.48. The predicted octanol–water partition coefficient (Wildman–Crippen LogP) is 1.30. The summed E-state index contributed by atoms with van der Waals surface area (Å²) in [6, 6.07) is 0.272. The molecule has 2 rings (SSSR count). The van der Waals surface area contributed by atoms with Gasteiger partial charge in [0.15, 0.2) is 5.84 Å². The van der Waals surface area contributed by atoms with Crippen LogP contribution in [-0.4, -0.2) is 34.4 Å². The van der Waals surface area contributed by atoms with Crippen molar-refractivity contribution in [3.63, 3.8) is 0 Å². The number of amidine groups is 1. The highest BCUT2D eigenvalue weighted by atomic mass is 16.4. The van der Waals surface area contributed by atoms with E-state index in [9.17, 15) is 4.79 Å². The first kappa shape index (κ1) is 12.2. The summed E-state index contributed by atoms with van der Waals surface area (Å²) in [6.07, 6.45) is 5.91. The molecule has 5 heteroatoms. The highest BCUT2D eigenvalue weighted by molar-refractivity contribution is 6.09. The third-order valence-corrected chi connectivity index (χ3v) is 4.07. The van der Waals surface area contributed by atoms with Crippen molar-refractivity contribution in [1.82, 2.24) is 4.90 Å². The second kappa shape index (κ2) is 4.55. The van der Waals surface area contributed by atoms with Crippen molar-refractivity contribution in [1.29, 1.82) is 0 Å². The Labute approximate surface area is 102 Å². The van der Waals surface area contributed by atoms with Gasteiger partial charge in [-0.15, -0.1) is 0 Å². The average molecular weight is 239 g/mol. The average Bonchev–Trinajstić information content (AvgIpc) is 3.13. The van der Waals surface area contributed by atoms with Crippen molar-refractivity contribution in [2.24, 2.45) is 16.3 Å². The van der Waals surface area contributed by atoms with E-state index in [2.05, 4.69) is 12.1 Å². The Balaban J connectivity index is 2.13. The molecule has 17 heavy (non-hydrogen) atoms. The quantitative estimate of drug-likeness (QED) is 0.330. The molecule has 1 aliphatic heterocycles. The molecule has 1 aliphatic carbocycles. The van der Waals surface area contributed by atoms with Gasteiger partial charge >= 0.3 is 0 Å². The number of oxime groups is 1. The SMILES string of the molecule is CC1CCCCCN1C(=O)C1(C(N)=NO)CC1. The van der Waals surface area contributed by atoms with Crippen molar-refractivity contribution in [2.75, 3.05) is 6.54 Å². The summed E-state index contributed by atoms with van der Waals surface area (Å²) in [5.41, 5.74) is 4.97. The van der Waals surface area contributed by atoms with Crippen molar-refractivity contribution in [2.45, 2.75) is 51.5 Å². The molecule has 1 saturated heterocycles. The summed E-state index contributed by atoms with van der Waals surface area (Å²) in [5.74, 6) is 0.140. The monoisotopic (exact) mass is 239 g/mol. The van der Waals surface area contributed by atoms with Crippen LogP contribution in [0.25, 0.3) is 0 Å². The first-order valence-electron chi connectivity index (χ1n) is 6.41. The molecule has 0 aromatic rings. The van der Waals surface area contributed by atoms with Gasteiger partial charge in [0, 0.05) is 12.6 Å². The van der Waals surface area contributed by atoms with Crippen LogP contribution in [0, 0.1) is 5.41 Å². The maximum atomic E-state index is 12.5. The molecule has 0 bridgehead atoms. The minimum atomic E-state index is -0.687. The molecule has 0 radical (unpaired) electrons. The number of carbonyl (C=O) groups is 1. The van der Waals surface area contributed by atoms with Gasteiger partial charge in [-0.1, -0.05) is 18.0 Å². The van der Waals surface area contributed by atoms with E-state index in [-0.39, 0.29) is 17.8 Å². The number of hydrogen-bond acceptors (Lipinski definition) is 3. The molecule has 1 saturated carbocycles. The molecule has 2 aliphatic rings. The Morgan fingerprint density at radius 1 is 1.41 bits per heavy atom. The summed E-state index contributed by atoms with van der Waals surface area (Å²) >= 11 is 0. The van der Waals surface area contributed by atoms with Crippen LogP contribution in [-0.2, 0) is 4.79 Å². The summed E-state index contributed by atoms with van der Waals surface area (Å²) in [6.45, 7) is 2.89. The topological polar surface area (TPSA) is 78.9 Å². The zero-order valence-electron chi connectivity index (χ0n) is 10.4. The molecule has 0 aromatic heterocycles. The van der Waals surface area contributed by atoms with Gasteiger partial charge in [-0.3, -0.25) is 4.79 Å². The van der Waals surface area contributed by atoms with E-state index in [1.807, 2.05) is 4.90 Å². The van der Waals surface area contributed by atoms with E-state index >= 15 is 0 Å². The van der Waals surface area contributed by atoms with Crippen LogP contribution < -0.4 is 5.73 Å². The number of carbonyl (C=O) groups excluding carboxylic acids is 1. The summed E-state index contributed by atoms with van der Waals surface area (Å²) in [5, 5.41) is 11.8. The number of nitrogens with zero attached hydrogens (tertiary/aromatic N) is 2. The van der Waals surface area contributed by atoms with Gasteiger partial charge in [0.2, 0.25) is 5.91 Å². The summed E-state index contributed by atoms with van der Waals surface area (Å²) in [7, 11) is 0. The van der Waals surface area contributed by atoms with Gasteiger partial charge in [0.05, 0.1) is 0 Å². The van der Waals surface area contributed by atoms with Crippen molar-refractivity contribution < 1.29 is 10.0 Å². The third-order valence-electron chi connectivity index (χ3n) is 4.07.